The Labute approximate surface area is 160 Å². The minimum absolute atomic E-state index is 0.206. The predicted octanol–water partition coefficient (Wildman–Crippen LogP) is 2.31. The minimum atomic E-state index is 0.206. The maximum atomic E-state index is 11.6. The number of piperidine rings is 1. The molecular formula is C21H28N4O2. The highest BCUT2D eigenvalue weighted by Crippen LogP contribution is 2.31. The van der Waals surface area contributed by atoms with E-state index in [1.165, 1.54) is 5.56 Å². The highest BCUT2D eigenvalue weighted by molar-refractivity contribution is 5.77. The molecule has 6 nitrogen and oxygen atoms in total. The summed E-state index contributed by atoms with van der Waals surface area (Å²) in [5, 5.41) is 3.00. The van der Waals surface area contributed by atoms with Crippen LogP contribution in [0.4, 0.5) is 0 Å². The number of aromatic nitrogens is 2. The van der Waals surface area contributed by atoms with E-state index >= 15 is 0 Å². The van der Waals surface area contributed by atoms with Crippen LogP contribution in [-0.4, -0.2) is 46.6 Å². The Bertz CT molecular complexity index is 746. The summed E-state index contributed by atoms with van der Waals surface area (Å²) in [5.41, 5.74) is 1.24. The molecule has 1 amide bonds. The standard InChI is InChI=1S/C21H28N4O2/c26-21-11-18-14-25(15-19(18)12-23-21)13-17-5-1-2-6-20(17)27-10-4-3-8-24-9-7-22-16-24/h1-2,5-7,9,16,18-19H,3-4,8,10-15H2,(H,23,26)/t18-,19+/m1/s1. The van der Waals surface area contributed by atoms with Gasteiger partial charge in [-0.2, -0.15) is 0 Å². The maximum absolute atomic E-state index is 11.6. The number of rotatable bonds is 8. The summed E-state index contributed by atoms with van der Waals surface area (Å²) in [6, 6.07) is 8.34. The zero-order valence-electron chi connectivity index (χ0n) is 15.7. The van der Waals surface area contributed by atoms with Gasteiger partial charge in [0.25, 0.3) is 0 Å². The van der Waals surface area contributed by atoms with E-state index < -0.39 is 0 Å². The molecule has 0 unspecified atom stereocenters. The van der Waals surface area contributed by atoms with Crippen molar-refractivity contribution in [2.45, 2.75) is 32.4 Å². The van der Waals surface area contributed by atoms with E-state index in [0.717, 1.165) is 57.9 Å². The molecule has 0 saturated carbocycles. The predicted molar refractivity (Wildman–Crippen MR) is 103 cm³/mol. The van der Waals surface area contributed by atoms with Crippen molar-refractivity contribution in [1.29, 1.82) is 0 Å². The lowest BCUT2D eigenvalue weighted by Gasteiger charge is -2.23. The largest absolute Gasteiger partial charge is 0.493 e. The van der Waals surface area contributed by atoms with E-state index in [9.17, 15) is 4.79 Å². The van der Waals surface area contributed by atoms with Crippen molar-refractivity contribution >= 4 is 5.91 Å². The molecule has 4 rings (SSSR count). The number of likely N-dealkylation sites (tertiary alicyclic amines) is 1. The number of para-hydroxylation sites is 1. The van der Waals surface area contributed by atoms with Gasteiger partial charge >= 0.3 is 0 Å². The van der Waals surface area contributed by atoms with Crippen LogP contribution in [0.25, 0.3) is 0 Å². The Morgan fingerprint density at radius 1 is 1.19 bits per heavy atom. The molecule has 2 aliphatic rings. The molecule has 27 heavy (non-hydrogen) atoms. The van der Waals surface area contributed by atoms with Crippen molar-refractivity contribution in [1.82, 2.24) is 19.8 Å². The molecule has 3 heterocycles. The van der Waals surface area contributed by atoms with Crippen LogP contribution in [-0.2, 0) is 17.9 Å². The summed E-state index contributed by atoms with van der Waals surface area (Å²) in [5.74, 6) is 2.30. The molecule has 1 N–H and O–H groups in total. The van der Waals surface area contributed by atoms with E-state index in [1.54, 1.807) is 0 Å². The number of aryl methyl sites for hydroxylation is 1. The second kappa shape index (κ2) is 8.57. The van der Waals surface area contributed by atoms with Crippen LogP contribution < -0.4 is 10.1 Å². The molecule has 0 bridgehead atoms. The summed E-state index contributed by atoms with van der Waals surface area (Å²) in [4.78, 5) is 18.2. The second-order valence-corrected chi connectivity index (χ2v) is 7.69. The van der Waals surface area contributed by atoms with Crippen molar-refractivity contribution in [3.8, 4) is 5.75 Å². The van der Waals surface area contributed by atoms with E-state index in [2.05, 4.69) is 38.0 Å². The number of hydrogen-bond acceptors (Lipinski definition) is 4. The first-order valence-corrected chi connectivity index (χ1v) is 9.93. The number of nitrogens with one attached hydrogen (secondary N) is 1. The molecular weight excluding hydrogens is 340 g/mol. The number of carbonyl (C=O) groups is 1. The first-order chi connectivity index (χ1) is 13.3. The van der Waals surface area contributed by atoms with Gasteiger partial charge in [-0.3, -0.25) is 9.69 Å². The number of hydrogen-bond donors (Lipinski definition) is 1. The third-order valence-electron chi connectivity index (χ3n) is 5.66. The smallest absolute Gasteiger partial charge is 0.220 e. The Morgan fingerprint density at radius 2 is 2.07 bits per heavy atom. The highest BCUT2D eigenvalue weighted by atomic mass is 16.5. The van der Waals surface area contributed by atoms with Crippen molar-refractivity contribution in [3.63, 3.8) is 0 Å². The number of imidazole rings is 1. The zero-order chi connectivity index (χ0) is 18.5. The van der Waals surface area contributed by atoms with Gasteiger partial charge in [-0.25, -0.2) is 4.98 Å². The Balaban J connectivity index is 1.26. The summed E-state index contributed by atoms with van der Waals surface area (Å²) >= 11 is 0. The molecule has 144 valence electrons. The number of nitrogens with zero attached hydrogens (tertiary/aromatic N) is 3. The van der Waals surface area contributed by atoms with Gasteiger partial charge in [0.2, 0.25) is 5.91 Å². The highest BCUT2D eigenvalue weighted by Gasteiger charge is 2.37. The normalized spacial score (nSPS) is 22.4. The Kier molecular flexibility index (Phi) is 5.72. The van der Waals surface area contributed by atoms with Gasteiger partial charge in [-0.15, -0.1) is 0 Å². The fourth-order valence-electron chi connectivity index (χ4n) is 4.20. The molecule has 2 aliphatic heterocycles. The molecule has 2 atom stereocenters. The number of carbonyl (C=O) groups excluding carboxylic acids is 1. The van der Waals surface area contributed by atoms with E-state index in [1.807, 2.05) is 24.8 Å². The maximum Gasteiger partial charge on any atom is 0.220 e. The fraction of sp³-hybridized carbons (Fsp3) is 0.524. The SMILES string of the molecule is O=C1C[C@@H]2CN(Cc3ccccc3OCCCCn3ccnc3)C[C@@H]2CN1. The summed E-state index contributed by atoms with van der Waals surface area (Å²) in [6.07, 6.45) is 8.44. The monoisotopic (exact) mass is 368 g/mol. The van der Waals surface area contributed by atoms with Crippen molar-refractivity contribution < 1.29 is 9.53 Å². The quantitative estimate of drug-likeness (QED) is 0.727. The van der Waals surface area contributed by atoms with E-state index in [0.29, 0.717) is 18.3 Å². The van der Waals surface area contributed by atoms with Crippen molar-refractivity contribution in [2.75, 3.05) is 26.2 Å². The van der Waals surface area contributed by atoms with Crippen LogP contribution in [0.15, 0.2) is 43.0 Å². The molecule has 6 heteroatoms. The van der Waals surface area contributed by atoms with Crippen LogP contribution in [0.2, 0.25) is 0 Å². The molecule has 2 aromatic rings. The third-order valence-corrected chi connectivity index (χ3v) is 5.66. The van der Waals surface area contributed by atoms with Gasteiger partial charge in [0, 0.05) is 57.1 Å². The Hall–Kier alpha value is -2.34. The number of fused-ring (bicyclic) bond motifs is 1. The minimum Gasteiger partial charge on any atom is -0.493 e. The van der Waals surface area contributed by atoms with Gasteiger partial charge < -0.3 is 14.6 Å². The molecule has 0 spiro atoms. The van der Waals surface area contributed by atoms with Crippen LogP contribution in [0, 0.1) is 11.8 Å². The number of amides is 1. The number of benzene rings is 1. The average molecular weight is 368 g/mol. The van der Waals surface area contributed by atoms with Gasteiger partial charge in [0.05, 0.1) is 12.9 Å². The van der Waals surface area contributed by atoms with Gasteiger partial charge in [-0.1, -0.05) is 18.2 Å². The van der Waals surface area contributed by atoms with E-state index in [-0.39, 0.29) is 5.91 Å². The van der Waals surface area contributed by atoms with E-state index in [4.69, 9.17) is 4.74 Å². The van der Waals surface area contributed by atoms with Crippen LogP contribution in [0.3, 0.4) is 0 Å². The fourth-order valence-corrected chi connectivity index (χ4v) is 4.20. The van der Waals surface area contributed by atoms with Crippen LogP contribution >= 0.6 is 0 Å². The third kappa shape index (κ3) is 4.69. The summed E-state index contributed by atoms with van der Waals surface area (Å²) < 4.78 is 8.18. The molecule has 0 aliphatic carbocycles. The average Bonchev–Trinajstić information content (AvgIpc) is 3.31. The molecule has 0 radical (unpaired) electrons. The van der Waals surface area contributed by atoms with Gasteiger partial charge in [0.15, 0.2) is 0 Å². The van der Waals surface area contributed by atoms with Gasteiger partial charge in [-0.05, 0) is 30.7 Å². The van der Waals surface area contributed by atoms with Gasteiger partial charge in [0.1, 0.15) is 5.75 Å². The molecule has 2 fully saturated rings. The molecule has 1 aromatic carbocycles. The van der Waals surface area contributed by atoms with Crippen molar-refractivity contribution in [2.24, 2.45) is 11.8 Å². The second-order valence-electron chi connectivity index (χ2n) is 7.69. The Morgan fingerprint density at radius 3 is 2.96 bits per heavy atom. The van der Waals surface area contributed by atoms with Crippen LogP contribution in [0.5, 0.6) is 5.75 Å². The lowest BCUT2D eigenvalue weighted by molar-refractivity contribution is -0.124. The van der Waals surface area contributed by atoms with Crippen molar-refractivity contribution in [3.05, 3.63) is 48.5 Å². The summed E-state index contributed by atoms with van der Waals surface area (Å²) in [7, 11) is 0. The lowest BCUT2D eigenvalue weighted by atomic mass is 9.89. The first-order valence-electron chi connectivity index (χ1n) is 9.93. The topological polar surface area (TPSA) is 59.4 Å². The molecule has 1 aromatic heterocycles. The summed E-state index contributed by atoms with van der Waals surface area (Å²) in [6.45, 7) is 5.51. The first kappa shape index (κ1) is 18.0. The molecule has 2 saturated heterocycles. The number of ether oxygens (including phenoxy) is 1. The lowest BCUT2D eigenvalue weighted by Crippen LogP contribution is -2.39. The zero-order valence-corrected chi connectivity index (χ0v) is 15.7. The van der Waals surface area contributed by atoms with Crippen LogP contribution in [0.1, 0.15) is 24.8 Å². The number of unbranched alkanes of at least 4 members (excludes halogenated alkanes) is 1.